The summed E-state index contributed by atoms with van der Waals surface area (Å²) in [6.45, 7) is 0.687. The van der Waals surface area contributed by atoms with Gasteiger partial charge in [0.05, 0.1) is 18.0 Å². The summed E-state index contributed by atoms with van der Waals surface area (Å²) >= 11 is 1.65. The Labute approximate surface area is 105 Å². The smallest absolute Gasteiger partial charge is 0.0627 e. The number of ether oxygens (including phenoxy) is 1. The number of hydrogen-bond donors (Lipinski definition) is 2. The van der Waals surface area contributed by atoms with Crippen LogP contribution in [0.4, 0.5) is 11.4 Å². The molecule has 3 nitrogen and oxygen atoms in total. The summed E-state index contributed by atoms with van der Waals surface area (Å²) in [6, 6.07) is 6.06. The zero-order valence-corrected chi connectivity index (χ0v) is 10.6. The van der Waals surface area contributed by atoms with Crippen molar-refractivity contribution >= 4 is 22.7 Å². The zero-order chi connectivity index (χ0) is 12.3. The quantitative estimate of drug-likeness (QED) is 0.818. The molecule has 2 rings (SSSR count). The lowest BCUT2D eigenvalue weighted by molar-refractivity contribution is 0.202. The van der Waals surface area contributed by atoms with Crippen LogP contribution in [0, 0.1) is 0 Å². The van der Waals surface area contributed by atoms with Crippen LogP contribution in [0.5, 0.6) is 0 Å². The van der Waals surface area contributed by atoms with Gasteiger partial charge in [-0.05, 0) is 46.5 Å². The van der Waals surface area contributed by atoms with E-state index in [2.05, 4.69) is 17.5 Å². The summed E-state index contributed by atoms with van der Waals surface area (Å²) in [6.07, 6.45) is 0.845. The predicted molar refractivity (Wildman–Crippen MR) is 74.2 cm³/mol. The van der Waals surface area contributed by atoms with E-state index in [4.69, 9.17) is 16.2 Å². The number of thiophene rings is 1. The first-order valence-corrected chi connectivity index (χ1v) is 6.36. The molecule has 4 heteroatoms. The minimum Gasteiger partial charge on any atom is -0.397 e. The van der Waals surface area contributed by atoms with Gasteiger partial charge in [-0.25, -0.2) is 0 Å². The third kappa shape index (κ3) is 2.60. The molecule has 0 aliphatic heterocycles. The molecule has 0 aliphatic rings. The molecule has 0 atom stereocenters. The van der Waals surface area contributed by atoms with Crippen LogP contribution >= 0.6 is 11.3 Å². The van der Waals surface area contributed by atoms with Crippen LogP contribution in [0.3, 0.4) is 0 Å². The fourth-order valence-corrected chi connectivity index (χ4v) is 2.41. The highest BCUT2D eigenvalue weighted by Gasteiger charge is 2.08. The van der Waals surface area contributed by atoms with Crippen molar-refractivity contribution in [2.45, 2.75) is 6.42 Å². The fraction of sp³-hybridized carbons (Fsp3) is 0.231. The Morgan fingerprint density at radius 1 is 1.29 bits per heavy atom. The number of nitrogen functional groups attached to an aromatic ring is 2. The average Bonchev–Trinajstić information content (AvgIpc) is 2.84. The Hall–Kier alpha value is -1.52. The van der Waals surface area contributed by atoms with Gasteiger partial charge >= 0.3 is 0 Å². The lowest BCUT2D eigenvalue weighted by Crippen LogP contribution is -2.01. The van der Waals surface area contributed by atoms with E-state index < -0.39 is 0 Å². The number of benzene rings is 1. The van der Waals surface area contributed by atoms with Crippen molar-refractivity contribution in [3.63, 3.8) is 0 Å². The van der Waals surface area contributed by atoms with Crippen molar-refractivity contribution in [2.75, 3.05) is 25.2 Å². The van der Waals surface area contributed by atoms with E-state index in [0.29, 0.717) is 18.0 Å². The fourth-order valence-electron chi connectivity index (χ4n) is 1.76. The highest BCUT2D eigenvalue weighted by molar-refractivity contribution is 7.08. The van der Waals surface area contributed by atoms with Crippen molar-refractivity contribution < 1.29 is 4.74 Å². The normalized spacial score (nSPS) is 10.6. The predicted octanol–water partition coefficient (Wildman–Crippen LogP) is 2.77. The van der Waals surface area contributed by atoms with Crippen molar-refractivity contribution in [2.24, 2.45) is 0 Å². The maximum atomic E-state index is 6.02. The molecule has 1 heterocycles. The van der Waals surface area contributed by atoms with Gasteiger partial charge in [-0.1, -0.05) is 0 Å². The first kappa shape index (κ1) is 12.0. The lowest BCUT2D eigenvalue weighted by Gasteiger charge is -2.10. The van der Waals surface area contributed by atoms with Crippen molar-refractivity contribution in [3.8, 4) is 11.1 Å². The molecule has 0 fully saturated rings. The number of rotatable bonds is 4. The van der Waals surface area contributed by atoms with Crippen LogP contribution in [0.25, 0.3) is 11.1 Å². The standard InChI is InChI=1S/C13H16N2OS/c1-16-4-2-9-6-11(10-3-5-17-8-10)13(15)12(14)7-9/h3,5-8H,2,4,14-15H2,1H3. The van der Waals surface area contributed by atoms with E-state index in [-0.39, 0.29) is 0 Å². The second-order valence-electron chi connectivity index (χ2n) is 3.90. The summed E-state index contributed by atoms with van der Waals surface area (Å²) < 4.78 is 5.08. The highest BCUT2D eigenvalue weighted by atomic mass is 32.1. The molecule has 0 saturated carbocycles. The minimum atomic E-state index is 0.639. The SMILES string of the molecule is COCCc1cc(N)c(N)c(-c2ccsc2)c1. The number of methoxy groups -OCH3 is 1. The second kappa shape index (κ2) is 5.21. The Morgan fingerprint density at radius 3 is 2.76 bits per heavy atom. The van der Waals surface area contributed by atoms with Crippen LogP contribution in [0.15, 0.2) is 29.0 Å². The van der Waals surface area contributed by atoms with E-state index in [1.165, 1.54) is 0 Å². The summed E-state index contributed by atoms with van der Waals surface area (Å²) in [4.78, 5) is 0. The van der Waals surface area contributed by atoms with Crippen LogP contribution in [0.1, 0.15) is 5.56 Å². The monoisotopic (exact) mass is 248 g/mol. The molecule has 0 radical (unpaired) electrons. The Balaban J connectivity index is 2.40. The Morgan fingerprint density at radius 2 is 2.12 bits per heavy atom. The lowest BCUT2D eigenvalue weighted by atomic mass is 10.0. The van der Waals surface area contributed by atoms with Gasteiger partial charge in [0.1, 0.15) is 0 Å². The number of nitrogens with two attached hydrogens (primary N) is 2. The molecular formula is C13H16N2OS. The number of anilines is 2. The molecule has 1 aromatic carbocycles. The third-order valence-corrected chi connectivity index (χ3v) is 3.38. The maximum Gasteiger partial charge on any atom is 0.0627 e. The molecule has 0 unspecified atom stereocenters. The summed E-state index contributed by atoms with van der Waals surface area (Å²) in [5, 5.41) is 4.11. The summed E-state index contributed by atoms with van der Waals surface area (Å²) in [5.74, 6) is 0. The van der Waals surface area contributed by atoms with E-state index in [1.807, 2.05) is 11.4 Å². The molecule has 2 aromatic rings. The molecule has 90 valence electrons. The van der Waals surface area contributed by atoms with Crippen molar-refractivity contribution in [3.05, 3.63) is 34.5 Å². The van der Waals surface area contributed by atoms with Gasteiger partial charge in [-0.3, -0.25) is 0 Å². The van der Waals surface area contributed by atoms with E-state index in [9.17, 15) is 0 Å². The van der Waals surface area contributed by atoms with Crippen LogP contribution in [0.2, 0.25) is 0 Å². The highest BCUT2D eigenvalue weighted by Crippen LogP contribution is 2.33. The van der Waals surface area contributed by atoms with Crippen molar-refractivity contribution in [1.82, 2.24) is 0 Å². The summed E-state index contributed by atoms with van der Waals surface area (Å²) in [7, 11) is 1.69. The van der Waals surface area contributed by atoms with Crippen molar-refractivity contribution in [1.29, 1.82) is 0 Å². The van der Waals surface area contributed by atoms with E-state index in [0.717, 1.165) is 23.1 Å². The van der Waals surface area contributed by atoms with Gasteiger partial charge in [0.25, 0.3) is 0 Å². The molecule has 1 aromatic heterocycles. The second-order valence-corrected chi connectivity index (χ2v) is 4.68. The third-order valence-electron chi connectivity index (χ3n) is 2.70. The Kier molecular flexibility index (Phi) is 3.66. The molecule has 0 amide bonds. The van der Waals surface area contributed by atoms with E-state index >= 15 is 0 Å². The van der Waals surface area contributed by atoms with Crippen LogP contribution in [-0.4, -0.2) is 13.7 Å². The molecule has 0 spiro atoms. The first-order valence-electron chi connectivity index (χ1n) is 5.41. The van der Waals surface area contributed by atoms with Crippen LogP contribution < -0.4 is 11.5 Å². The molecule has 0 aliphatic carbocycles. The van der Waals surface area contributed by atoms with Gasteiger partial charge < -0.3 is 16.2 Å². The topological polar surface area (TPSA) is 61.3 Å². The molecule has 17 heavy (non-hydrogen) atoms. The Bertz CT molecular complexity index is 494. The largest absolute Gasteiger partial charge is 0.397 e. The molecule has 0 bridgehead atoms. The number of hydrogen-bond acceptors (Lipinski definition) is 4. The van der Waals surface area contributed by atoms with Crippen LogP contribution in [-0.2, 0) is 11.2 Å². The zero-order valence-electron chi connectivity index (χ0n) is 9.77. The van der Waals surface area contributed by atoms with Gasteiger partial charge in [0.2, 0.25) is 0 Å². The first-order chi connectivity index (χ1) is 8.22. The summed E-state index contributed by atoms with van der Waals surface area (Å²) in [5.41, 5.74) is 16.5. The van der Waals surface area contributed by atoms with Gasteiger partial charge in [-0.2, -0.15) is 11.3 Å². The van der Waals surface area contributed by atoms with Gasteiger partial charge in [0, 0.05) is 12.7 Å². The maximum absolute atomic E-state index is 6.02. The van der Waals surface area contributed by atoms with Gasteiger partial charge in [0.15, 0.2) is 0 Å². The molecule has 0 saturated heterocycles. The molecular weight excluding hydrogens is 232 g/mol. The van der Waals surface area contributed by atoms with E-state index in [1.54, 1.807) is 18.4 Å². The minimum absolute atomic E-state index is 0.639. The van der Waals surface area contributed by atoms with Gasteiger partial charge in [-0.15, -0.1) is 0 Å². The average molecular weight is 248 g/mol. The molecule has 4 N–H and O–H groups in total.